The lowest BCUT2D eigenvalue weighted by Crippen LogP contribution is -2.39. The molecule has 1 aliphatic carbocycles. The number of carbonyl (C=O) groups excluding carboxylic acids is 1. The maximum Gasteiger partial charge on any atom is 0.224 e. The summed E-state index contributed by atoms with van der Waals surface area (Å²) < 4.78 is 25.4. The quantitative estimate of drug-likeness (QED) is 0.618. The molecule has 1 amide bonds. The second-order valence-electron chi connectivity index (χ2n) is 5.98. The highest BCUT2D eigenvalue weighted by molar-refractivity contribution is 7.98. The van der Waals surface area contributed by atoms with E-state index in [0.29, 0.717) is 11.3 Å². The van der Waals surface area contributed by atoms with Gasteiger partial charge in [0.1, 0.15) is 6.54 Å². The Labute approximate surface area is 147 Å². The largest absolute Gasteiger partial charge is 0.343 e. The second-order valence-corrected chi connectivity index (χ2v) is 8.90. The average Bonchev–Trinajstić information content (AvgIpc) is 2.60. The summed E-state index contributed by atoms with van der Waals surface area (Å²) in [5, 5.41) is 11.2. The van der Waals surface area contributed by atoms with Crippen LogP contribution in [0.25, 0.3) is 0 Å². The zero-order chi connectivity index (χ0) is 17.6. The molecule has 0 unspecified atom stereocenters. The van der Waals surface area contributed by atoms with Gasteiger partial charge in [0.05, 0.1) is 16.7 Å². The van der Waals surface area contributed by atoms with Crippen molar-refractivity contribution in [2.45, 2.75) is 35.5 Å². The number of amides is 1. The van der Waals surface area contributed by atoms with Gasteiger partial charge >= 0.3 is 0 Å². The molecular formula is C17H22N2O3S2. The molecule has 0 spiro atoms. The molecule has 24 heavy (non-hydrogen) atoms. The van der Waals surface area contributed by atoms with E-state index in [1.807, 2.05) is 12.3 Å². The van der Waals surface area contributed by atoms with E-state index >= 15 is 0 Å². The Morgan fingerprint density at radius 2 is 1.96 bits per heavy atom. The zero-order valence-electron chi connectivity index (χ0n) is 13.7. The minimum atomic E-state index is -3.43. The van der Waals surface area contributed by atoms with Crippen molar-refractivity contribution in [1.82, 2.24) is 5.32 Å². The average molecular weight is 367 g/mol. The number of hydrogen-bond acceptors (Lipinski definition) is 5. The van der Waals surface area contributed by atoms with Crippen LogP contribution in [0.15, 0.2) is 34.1 Å². The highest BCUT2D eigenvalue weighted by atomic mass is 32.2. The molecule has 1 N–H and O–H groups in total. The van der Waals surface area contributed by atoms with Crippen molar-refractivity contribution in [1.29, 1.82) is 5.26 Å². The predicted octanol–water partition coefficient (Wildman–Crippen LogP) is 2.63. The third kappa shape index (κ3) is 4.74. The van der Waals surface area contributed by atoms with Gasteiger partial charge < -0.3 is 5.32 Å². The molecule has 0 heterocycles. The van der Waals surface area contributed by atoms with Crippen molar-refractivity contribution < 1.29 is 13.2 Å². The van der Waals surface area contributed by atoms with Gasteiger partial charge in [-0.2, -0.15) is 5.26 Å². The monoisotopic (exact) mass is 366 g/mol. The van der Waals surface area contributed by atoms with Gasteiger partial charge in [0.25, 0.3) is 0 Å². The van der Waals surface area contributed by atoms with Gasteiger partial charge in [-0.05, 0) is 49.3 Å². The van der Waals surface area contributed by atoms with E-state index < -0.39 is 9.84 Å². The highest BCUT2D eigenvalue weighted by Crippen LogP contribution is 2.33. The van der Waals surface area contributed by atoms with Gasteiger partial charge in [-0.15, -0.1) is 11.8 Å². The van der Waals surface area contributed by atoms with Crippen molar-refractivity contribution in [3.05, 3.63) is 24.3 Å². The number of carbonyl (C=O) groups is 1. The van der Waals surface area contributed by atoms with Crippen molar-refractivity contribution in [2.24, 2.45) is 11.8 Å². The minimum Gasteiger partial charge on any atom is -0.343 e. The van der Waals surface area contributed by atoms with Gasteiger partial charge in [0, 0.05) is 10.8 Å². The van der Waals surface area contributed by atoms with Crippen molar-refractivity contribution in [3.63, 3.8) is 0 Å². The molecule has 1 fully saturated rings. The van der Waals surface area contributed by atoms with Gasteiger partial charge in [-0.25, -0.2) is 8.42 Å². The molecule has 5 nitrogen and oxygen atoms in total. The first-order chi connectivity index (χ1) is 11.5. The van der Waals surface area contributed by atoms with Crippen LogP contribution in [0.5, 0.6) is 0 Å². The first kappa shape index (κ1) is 18.8. The summed E-state index contributed by atoms with van der Waals surface area (Å²) in [5.41, 5.74) is 0. The van der Waals surface area contributed by atoms with Crippen molar-refractivity contribution in [3.8, 4) is 6.07 Å². The SMILES string of the molecule is CSc1ccc(S(=O)(=O)C[C@H]2CCCC[C@@H]2C(=O)NCC#N)cc1. The molecule has 1 aliphatic rings. The van der Waals surface area contributed by atoms with Gasteiger partial charge in [-0.3, -0.25) is 4.79 Å². The van der Waals surface area contributed by atoms with E-state index in [4.69, 9.17) is 5.26 Å². The molecular weight excluding hydrogens is 344 g/mol. The maximum atomic E-state index is 12.7. The Morgan fingerprint density at radius 3 is 2.58 bits per heavy atom. The van der Waals surface area contributed by atoms with Crippen LogP contribution in [-0.4, -0.2) is 32.9 Å². The summed E-state index contributed by atoms with van der Waals surface area (Å²) in [5.74, 6) is -0.736. The van der Waals surface area contributed by atoms with Crippen LogP contribution in [0.4, 0.5) is 0 Å². The zero-order valence-corrected chi connectivity index (χ0v) is 15.3. The summed E-state index contributed by atoms with van der Waals surface area (Å²) >= 11 is 1.56. The number of sulfone groups is 1. The molecule has 0 saturated heterocycles. The fraction of sp³-hybridized carbons (Fsp3) is 0.529. The summed E-state index contributed by atoms with van der Waals surface area (Å²) in [6, 6.07) is 8.75. The molecule has 1 aromatic carbocycles. The Balaban J connectivity index is 2.13. The summed E-state index contributed by atoms with van der Waals surface area (Å²) in [6.45, 7) is -0.0368. The predicted molar refractivity (Wildman–Crippen MR) is 94.3 cm³/mol. The molecule has 0 bridgehead atoms. The minimum absolute atomic E-state index is 0.0176. The molecule has 0 aliphatic heterocycles. The number of nitrogens with zero attached hydrogens (tertiary/aromatic N) is 1. The van der Waals surface area contributed by atoms with Crippen molar-refractivity contribution in [2.75, 3.05) is 18.6 Å². The third-order valence-electron chi connectivity index (χ3n) is 4.44. The standard InChI is InChI=1S/C17H22N2O3S2/c1-23-14-6-8-15(9-7-14)24(21,22)12-13-4-2-3-5-16(13)17(20)19-11-10-18/h6-9,13,16H,2-5,11-12H2,1H3,(H,19,20)/t13-,16+/m1/s1. The number of nitriles is 1. The van der Waals surface area contributed by atoms with Crippen LogP contribution >= 0.6 is 11.8 Å². The second kappa shape index (κ2) is 8.54. The number of nitrogens with one attached hydrogen (secondary N) is 1. The van der Waals surface area contributed by atoms with E-state index in [2.05, 4.69) is 5.32 Å². The molecule has 0 radical (unpaired) electrons. The van der Waals surface area contributed by atoms with E-state index in [0.717, 1.165) is 24.2 Å². The normalized spacial score (nSPS) is 21.0. The smallest absolute Gasteiger partial charge is 0.224 e. The van der Waals surface area contributed by atoms with Gasteiger partial charge in [0.15, 0.2) is 9.84 Å². The Bertz CT molecular complexity index is 708. The van der Waals surface area contributed by atoms with Gasteiger partial charge in [0.2, 0.25) is 5.91 Å². The maximum absolute atomic E-state index is 12.7. The van der Waals surface area contributed by atoms with Crippen LogP contribution in [-0.2, 0) is 14.6 Å². The highest BCUT2D eigenvalue weighted by Gasteiger charge is 2.34. The fourth-order valence-corrected chi connectivity index (χ4v) is 5.29. The number of hydrogen-bond donors (Lipinski definition) is 1. The van der Waals surface area contributed by atoms with E-state index in [1.165, 1.54) is 0 Å². The van der Waals surface area contributed by atoms with Crippen LogP contribution < -0.4 is 5.32 Å². The Morgan fingerprint density at radius 1 is 1.29 bits per heavy atom. The molecule has 2 atom stereocenters. The number of benzene rings is 1. The van der Waals surface area contributed by atoms with E-state index in [1.54, 1.807) is 36.0 Å². The fourth-order valence-electron chi connectivity index (χ4n) is 3.17. The Kier molecular flexibility index (Phi) is 6.69. The van der Waals surface area contributed by atoms with Crippen molar-refractivity contribution >= 4 is 27.5 Å². The summed E-state index contributed by atoms with van der Waals surface area (Å²) in [6.07, 6.45) is 5.21. The van der Waals surface area contributed by atoms with E-state index in [9.17, 15) is 13.2 Å². The molecule has 1 saturated carbocycles. The summed E-state index contributed by atoms with van der Waals surface area (Å²) in [7, 11) is -3.43. The third-order valence-corrected chi connectivity index (χ3v) is 7.04. The molecule has 0 aromatic heterocycles. The summed E-state index contributed by atoms with van der Waals surface area (Å²) in [4.78, 5) is 13.5. The van der Waals surface area contributed by atoms with Crippen LogP contribution in [0.2, 0.25) is 0 Å². The van der Waals surface area contributed by atoms with Crippen LogP contribution in [0, 0.1) is 23.2 Å². The Hall–Kier alpha value is -1.52. The van der Waals surface area contributed by atoms with E-state index in [-0.39, 0.29) is 30.0 Å². The lowest BCUT2D eigenvalue weighted by atomic mass is 9.80. The number of thioether (sulfide) groups is 1. The number of rotatable bonds is 6. The lowest BCUT2D eigenvalue weighted by molar-refractivity contribution is -0.127. The van der Waals surface area contributed by atoms with Gasteiger partial charge in [-0.1, -0.05) is 12.8 Å². The topological polar surface area (TPSA) is 87.0 Å². The first-order valence-corrected chi connectivity index (χ1v) is 10.9. The first-order valence-electron chi connectivity index (χ1n) is 7.99. The lowest BCUT2D eigenvalue weighted by Gasteiger charge is -2.30. The molecule has 1 aromatic rings. The molecule has 130 valence electrons. The van der Waals surface area contributed by atoms with Crippen LogP contribution in [0.3, 0.4) is 0 Å². The molecule has 2 rings (SSSR count). The van der Waals surface area contributed by atoms with Crippen LogP contribution in [0.1, 0.15) is 25.7 Å². The molecule has 7 heteroatoms.